The molecule has 2 aromatic heterocycles. The first-order valence-electron chi connectivity index (χ1n) is 11.1. The van der Waals surface area contributed by atoms with Gasteiger partial charge in [0, 0.05) is 62.0 Å². The maximum Gasteiger partial charge on any atom is 0.217 e. The van der Waals surface area contributed by atoms with Crippen LogP contribution in [-0.4, -0.2) is 72.8 Å². The normalized spacial score (nSPS) is 17.3. The minimum Gasteiger partial charge on any atom is -0.495 e. The number of nitrogens with zero attached hydrogens (tertiary/aromatic N) is 4. The third kappa shape index (κ3) is 4.56. The van der Waals surface area contributed by atoms with Crippen LogP contribution in [0.25, 0.3) is 16.9 Å². The van der Waals surface area contributed by atoms with Gasteiger partial charge < -0.3 is 18.8 Å². The molecule has 0 amide bonds. The third-order valence-electron chi connectivity index (χ3n) is 6.22. The van der Waals surface area contributed by atoms with Crippen molar-refractivity contribution in [2.24, 2.45) is 0 Å². The van der Waals surface area contributed by atoms with E-state index >= 15 is 0 Å². The summed E-state index contributed by atoms with van der Waals surface area (Å²) in [6.45, 7) is 2.36. The molecular formula is C23H27ClN4O4S2. The van der Waals surface area contributed by atoms with Crippen molar-refractivity contribution in [3.05, 3.63) is 41.7 Å². The second kappa shape index (κ2) is 9.49. The fourth-order valence-electron chi connectivity index (χ4n) is 4.21. The molecule has 1 aromatic carbocycles. The van der Waals surface area contributed by atoms with Crippen LogP contribution in [0.15, 0.2) is 36.7 Å². The van der Waals surface area contributed by atoms with Crippen LogP contribution in [0, 0.1) is 0 Å². The van der Waals surface area contributed by atoms with Crippen LogP contribution >= 0.6 is 23.4 Å². The summed E-state index contributed by atoms with van der Waals surface area (Å²) < 4.78 is 39.9. The van der Waals surface area contributed by atoms with E-state index in [1.165, 1.54) is 0 Å². The Kier molecular flexibility index (Phi) is 6.58. The quantitative estimate of drug-likeness (QED) is 0.414. The number of benzene rings is 1. The molecule has 0 unspecified atom stereocenters. The van der Waals surface area contributed by atoms with Crippen LogP contribution in [0.2, 0.25) is 5.02 Å². The zero-order valence-corrected chi connectivity index (χ0v) is 21.5. The molecule has 0 radical (unpaired) electrons. The summed E-state index contributed by atoms with van der Waals surface area (Å²) in [4.78, 5) is 7.05. The molecule has 1 saturated carbocycles. The SMILES string of the molecule is COc1cc(OCSC)c(-c2cn3ccc(N4CCN(S(=O)(=O)C5CC5)CC4)cc3n2)cc1Cl. The van der Waals surface area contributed by atoms with Gasteiger partial charge in [-0.2, -0.15) is 4.31 Å². The van der Waals surface area contributed by atoms with Crippen molar-refractivity contribution >= 4 is 44.7 Å². The van der Waals surface area contributed by atoms with E-state index in [0.717, 1.165) is 35.4 Å². The number of fused-ring (bicyclic) bond motifs is 1. The predicted octanol–water partition coefficient (Wildman–Crippen LogP) is 3.98. The number of hydrogen-bond acceptors (Lipinski definition) is 7. The monoisotopic (exact) mass is 522 g/mol. The Morgan fingerprint density at radius 3 is 2.59 bits per heavy atom. The maximum absolute atomic E-state index is 12.5. The average molecular weight is 523 g/mol. The van der Waals surface area contributed by atoms with Crippen LogP contribution in [0.5, 0.6) is 11.5 Å². The van der Waals surface area contributed by atoms with Crippen molar-refractivity contribution in [3.8, 4) is 22.8 Å². The van der Waals surface area contributed by atoms with E-state index in [1.54, 1.807) is 29.2 Å². The van der Waals surface area contributed by atoms with Crippen molar-refractivity contribution in [2.45, 2.75) is 18.1 Å². The Bertz CT molecular complexity index is 1300. The van der Waals surface area contributed by atoms with Gasteiger partial charge in [-0.05, 0) is 31.2 Å². The number of aromatic nitrogens is 2. The third-order valence-corrected chi connectivity index (χ3v) is 9.26. The highest BCUT2D eigenvalue weighted by molar-refractivity contribution is 7.98. The maximum atomic E-state index is 12.5. The van der Waals surface area contributed by atoms with Crippen LogP contribution in [0.3, 0.4) is 0 Å². The number of anilines is 1. The fourth-order valence-corrected chi connectivity index (χ4v) is 6.52. The smallest absolute Gasteiger partial charge is 0.217 e. The minimum absolute atomic E-state index is 0.157. The Balaban J connectivity index is 1.39. The molecule has 2 aliphatic rings. The van der Waals surface area contributed by atoms with Gasteiger partial charge in [0.15, 0.2) is 0 Å². The molecule has 1 saturated heterocycles. The van der Waals surface area contributed by atoms with E-state index in [2.05, 4.69) is 4.90 Å². The van der Waals surface area contributed by atoms with Crippen LogP contribution in [-0.2, 0) is 10.0 Å². The molecule has 0 spiro atoms. The van der Waals surface area contributed by atoms with Gasteiger partial charge in [0.25, 0.3) is 0 Å². The Hall–Kier alpha value is -2.14. The van der Waals surface area contributed by atoms with E-state index in [1.807, 2.05) is 41.2 Å². The Labute approximate surface area is 208 Å². The molecular weight excluding hydrogens is 496 g/mol. The first-order valence-corrected chi connectivity index (χ1v) is 14.4. The van der Waals surface area contributed by atoms with E-state index in [0.29, 0.717) is 48.6 Å². The summed E-state index contributed by atoms with van der Waals surface area (Å²) in [5.41, 5.74) is 3.37. The van der Waals surface area contributed by atoms with Gasteiger partial charge in [-0.15, -0.1) is 11.8 Å². The number of rotatable bonds is 8. The molecule has 5 rings (SSSR count). The molecule has 2 fully saturated rings. The summed E-state index contributed by atoms with van der Waals surface area (Å²) in [6, 6.07) is 7.68. The van der Waals surface area contributed by atoms with Crippen LogP contribution in [0.4, 0.5) is 5.69 Å². The summed E-state index contributed by atoms with van der Waals surface area (Å²) in [6.07, 6.45) is 7.49. The second-order valence-corrected chi connectivity index (χ2v) is 11.9. The highest BCUT2D eigenvalue weighted by Crippen LogP contribution is 2.39. The molecule has 1 aliphatic carbocycles. The Morgan fingerprint density at radius 2 is 1.91 bits per heavy atom. The lowest BCUT2D eigenvalue weighted by Crippen LogP contribution is -2.49. The molecule has 11 heteroatoms. The molecule has 3 aromatic rings. The largest absolute Gasteiger partial charge is 0.495 e. The number of imidazole rings is 1. The highest BCUT2D eigenvalue weighted by atomic mass is 35.5. The van der Waals surface area contributed by atoms with Crippen molar-refractivity contribution in [2.75, 3.05) is 50.4 Å². The minimum atomic E-state index is -3.12. The van der Waals surface area contributed by atoms with E-state index in [9.17, 15) is 8.42 Å². The lowest BCUT2D eigenvalue weighted by Gasteiger charge is -2.35. The number of thioether (sulfide) groups is 1. The van der Waals surface area contributed by atoms with Crippen molar-refractivity contribution < 1.29 is 17.9 Å². The van der Waals surface area contributed by atoms with Crippen LogP contribution < -0.4 is 14.4 Å². The second-order valence-electron chi connectivity index (χ2n) is 8.44. The molecule has 34 heavy (non-hydrogen) atoms. The zero-order valence-electron chi connectivity index (χ0n) is 19.1. The summed E-state index contributed by atoms with van der Waals surface area (Å²) in [7, 11) is -1.54. The molecule has 0 atom stereocenters. The number of halogens is 1. The van der Waals surface area contributed by atoms with Gasteiger partial charge in [-0.1, -0.05) is 11.6 Å². The van der Waals surface area contributed by atoms with E-state index in [4.69, 9.17) is 26.1 Å². The predicted molar refractivity (Wildman–Crippen MR) is 137 cm³/mol. The molecule has 8 nitrogen and oxygen atoms in total. The number of methoxy groups -OCH3 is 1. The van der Waals surface area contributed by atoms with Gasteiger partial charge >= 0.3 is 0 Å². The summed E-state index contributed by atoms with van der Waals surface area (Å²) >= 11 is 7.98. The van der Waals surface area contributed by atoms with E-state index < -0.39 is 10.0 Å². The van der Waals surface area contributed by atoms with Gasteiger partial charge in [0.2, 0.25) is 10.0 Å². The molecule has 182 valence electrons. The molecule has 0 bridgehead atoms. The lowest BCUT2D eigenvalue weighted by atomic mass is 10.1. The van der Waals surface area contributed by atoms with Crippen LogP contribution in [0.1, 0.15) is 12.8 Å². The van der Waals surface area contributed by atoms with Crippen molar-refractivity contribution in [1.82, 2.24) is 13.7 Å². The molecule has 1 aliphatic heterocycles. The number of piperazine rings is 1. The fraction of sp³-hybridized carbons (Fsp3) is 0.435. The lowest BCUT2D eigenvalue weighted by molar-refractivity contribution is 0.383. The average Bonchev–Trinajstić information content (AvgIpc) is 3.63. The number of ether oxygens (including phenoxy) is 2. The first-order chi connectivity index (χ1) is 16.4. The molecule has 3 heterocycles. The van der Waals surface area contributed by atoms with Crippen molar-refractivity contribution in [1.29, 1.82) is 0 Å². The standard InChI is InChI=1S/C23H27ClN4O4S2/c1-31-22-13-21(32-15-33-2)18(12-19(22)24)20-14-27-6-5-16(11-23(27)25-20)26-7-9-28(10-8-26)34(29,30)17-3-4-17/h5-6,11-14,17H,3-4,7-10,15H2,1-2H3. The summed E-state index contributed by atoms with van der Waals surface area (Å²) in [5, 5.41) is 0.334. The van der Waals surface area contributed by atoms with Gasteiger partial charge in [0.05, 0.1) is 23.1 Å². The van der Waals surface area contributed by atoms with Crippen molar-refractivity contribution in [3.63, 3.8) is 0 Å². The van der Waals surface area contributed by atoms with Gasteiger partial charge in [-0.3, -0.25) is 0 Å². The highest BCUT2D eigenvalue weighted by Gasteiger charge is 2.41. The number of sulfonamides is 1. The number of hydrogen-bond donors (Lipinski definition) is 0. The number of pyridine rings is 1. The van der Waals surface area contributed by atoms with E-state index in [-0.39, 0.29) is 5.25 Å². The van der Waals surface area contributed by atoms with Gasteiger partial charge in [0.1, 0.15) is 23.1 Å². The van der Waals surface area contributed by atoms with Gasteiger partial charge in [-0.25, -0.2) is 13.4 Å². The zero-order chi connectivity index (χ0) is 23.9. The first kappa shape index (κ1) is 23.6. The topological polar surface area (TPSA) is 76.4 Å². The molecule has 0 N–H and O–H groups in total. The Morgan fingerprint density at radius 1 is 1.15 bits per heavy atom. The summed E-state index contributed by atoms with van der Waals surface area (Å²) in [5.74, 6) is 1.71.